The van der Waals surface area contributed by atoms with Crippen LogP contribution >= 0.6 is 26.9 Å². The molecule has 6 N–H and O–H groups in total. The van der Waals surface area contributed by atoms with Gasteiger partial charge in [-0.15, -0.1) is 0 Å². The summed E-state index contributed by atoms with van der Waals surface area (Å²) in [6.07, 6.45) is -2.01. The average molecular weight is 714 g/mol. The minimum atomic E-state index is -4.92. The Bertz CT molecular complexity index is 2060. The monoisotopic (exact) mass is 713 g/mol. The van der Waals surface area contributed by atoms with E-state index >= 15 is 0 Å². The molecule has 20 nitrogen and oxygen atoms in total. The number of anilines is 1. The number of hydrogen-bond donors (Lipinski definition) is 6. The first-order valence-corrected chi connectivity index (χ1v) is 18.6. The molecule has 23 heteroatoms. The molecular weight excluding hydrogens is 684 g/mol. The van der Waals surface area contributed by atoms with E-state index in [4.69, 9.17) is 28.6 Å². The number of nitrogens with zero attached hydrogens (tertiary/aromatic N) is 7. The van der Waals surface area contributed by atoms with Crippen LogP contribution in [0, 0.1) is 24.2 Å². The molecule has 4 fully saturated rings. The van der Waals surface area contributed by atoms with Crippen molar-refractivity contribution in [1.29, 1.82) is 0 Å². The molecule has 2 saturated heterocycles. The number of imidazole rings is 2. The second kappa shape index (κ2) is 10.8. The Labute approximate surface area is 268 Å². The van der Waals surface area contributed by atoms with Crippen LogP contribution in [0.5, 0.6) is 0 Å². The predicted molar refractivity (Wildman–Crippen MR) is 161 cm³/mol. The smallest absolute Gasteiger partial charge is 0.396 e. The highest BCUT2D eigenvalue weighted by Gasteiger charge is 2.74. The Hall–Kier alpha value is -2.81. The van der Waals surface area contributed by atoms with Crippen LogP contribution in [0.4, 0.5) is 5.82 Å². The molecule has 6 heterocycles. The van der Waals surface area contributed by atoms with Crippen molar-refractivity contribution in [2.45, 2.75) is 50.0 Å². The molecule has 2 bridgehead atoms. The van der Waals surface area contributed by atoms with Gasteiger partial charge in [0.05, 0.1) is 44.6 Å². The third-order valence-electron chi connectivity index (χ3n) is 9.46. The second-order valence-electron chi connectivity index (χ2n) is 12.1. The van der Waals surface area contributed by atoms with Gasteiger partial charge in [-0.1, -0.05) is 12.2 Å². The summed E-state index contributed by atoms with van der Waals surface area (Å²) >= 11 is 4.24. The van der Waals surface area contributed by atoms with E-state index in [0.29, 0.717) is 17.6 Å². The molecule has 4 aromatic rings. The number of hydrogen-bond acceptors (Lipinski definition) is 16. The van der Waals surface area contributed by atoms with E-state index in [1.165, 1.54) is 23.5 Å². The Balaban J connectivity index is 1.15. The molecule has 2 unspecified atom stereocenters. The van der Waals surface area contributed by atoms with Crippen molar-refractivity contribution in [3.63, 3.8) is 0 Å². The molecule has 0 aromatic carbocycles. The first-order chi connectivity index (χ1) is 22.3. The molecule has 2 aliphatic heterocycles. The number of nitrogens with one attached hydrogen (secondary N) is 1. The number of H-pyrrole nitrogens is 1. The number of nitrogens with two attached hydrogens (primary N) is 1. The van der Waals surface area contributed by atoms with Gasteiger partial charge >= 0.3 is 14.6 Å². The number of fused-ring (bicyclic) bond motifs is 4. The number of aliphatic hydroxyl groups is 2. The highest BCUT2D eigenvalue weighted by atomic mass is 32.7. The number of aryl methyl sites for hydroxylation is 1. The predicted octanol–water partition coefficient (Wildman–Crippen LogP) is 0.233. The molecule has 1 spiro atoms. The number of aromatic nitrogens is 8. The zero-order valence-corrected chi connectivity index (χ0v) is 27.0. The summed E-state index contributed by atoms with van der Waals surface area (Å²) in [6.45, 7) is -4.27. The lowest BCUT2D eigenvalue weighted by atomic mass is 9.99. The molecule has 2 saturated carbocycles. The second-order valence-corrected chi connectivity index (χ2v) is 16.4. The summed E-state index contributed by atoms with van der Waals surface area (Å²) in [5, 5.41) is 21.9. The molecule has 4 aliphatic rings. The van der Waals surface area contributed by atoms with E-state index in [1.807, 2.05) is 0 Å². The molecule has 11 atom stereocenters. The number of nitrogen functional groups attached to an aromatic ring is 1. The van der Waals surface area contributed by atoms with Crippen LogP contribution in [-0.4, -0.2) is 98.4 Å². The van der Waals surface area contributed by atoms with Gasteiger partial charge in [-0.3, -0.25) is 22.9 Å². The van der Waals surface area contributed by atoms with Crippen molar-refractivity contribution in [3.8, 4) is 0 Å². The van der Waals surface area contributed by atoms with Crippen LogP contribution < -0.4 is 11.3 Å². The third kappa shape index (κ3) is 4.99. The van der Waals surface area contributed by atoms with Crippen molar-refractivity contribution >= 4 is 55.0 Å². The van der Waals surface area contributed by atoms with Crippen molar-refractivity contribution in [2.75, 3.05) is 25.6 Å². The molecule has 0 radical (unpaired) electrons. The fourth-order valence-electron chi connectivity index (χ4n) is 7.23. The third-order valence-corrected chi connectivity index (χ3v) is 12.0. The maximum atomic E-state index is 13.9. The Morgan fingerprint density at radius 1 is 1.13 bits per heavy atom. The largest absolute Gasteiger partial charge is 0.472 e. The van der Waals surface area contributed by atoms with Crippen molar-refractivity contribution < 1.29 is 47.1 Å². The zero-order chi connectivity index (χ0) is 33.0. The van der Waals surface area contributed by atoms with Gasteiger partial charge in [-0.25, -0.2) is 34.0 Å². The zero-order valence-electron chi connectivity index (χ0n) is 24.3. The standard InChI is InChI=1S/C24H29N9O11P2S/c1-9-30-21-14(22(36)31-9)29-8-33(21)23-17-10(3-34)12(42-23)4-40-45(37,38)44-18-16(35)15(11-2-24(11,18)5-41-46(39,47)43-17)32-7-28-13-19(25)26-6-27-20(13)32/h6-8,10-12,15-18,23,34-35H,2-5H2,1H3,(H,37,38)(H,39,47)(H2,25,26,27)(H,30,31,36)/t10-,11-,12-,15-,16+,17-,18+,23-,24?,46+/m1/s1. The van der Waals surface area contributed by atoms with Crippen LogP contribution in [0.3, 0.4) is 0 Å². The van der Waals surface area contributed by atoms with Gasteiger partial charge in [0.15, 0.2) is 28.9 Å². The van der Waals surface area contributed by atoms with Crippen molar-refractivity contribution in [2.24, 2.45) is 17.3 Å². The molecular formula is C24H29N9O11P2S. The maximum absolute atomic E-state index is 13.9. The van der Waals surface area contributed by atoms with Crippen LogP contribution in [0.25, 0.3) is 22.3 Å². The number of ether oxygens (including phenoxy) is 1. The van der Waals surface area contributed by atoms with Gasteiger partial charge < -0.3 is 39.7 Å². The van der Waals surface area contributed by atoms with Gasteiger partial charge in [0, 0.05) is 11.3 Å². The summed E-state index contributed by atoms with van der Waals surface area (Å²) in [5.41, 5.74) is 5.07. The lowest BCUT2D eigenvalue weighted by molar-refractivity contribution is -0.0623. The number of aliphatic hydroxyl groups excluding tert-OH is 2. The van der Waals surface area contributed by atoms with Crippen LogP contribution in [0.15, 0.2) is 23.8 Å². The first kappa shape index (κ1) is 31.5. The number of aromatic amines is 1. The minimum Gasteiger partial charge on any atom is -0.396 e. The van der Waals surface area contributed by atoms with Gasteiger partial charge in [0.25, 0.3) is 5.56 Å². The number of phosphoric acid groups is 1. The van der Waals surface area contributed by atoms with Gasteiger partial charge in [-0.05, 0) is 19.3 Å². The van der Waals surface area contributed by atoms with Crippen LogP contribution in [-0.2, 0) is 32.0 Å². The van der Waals surface area contributed by atoms with Crippen LogP contribution in [0.1, 0.15) is 24.5 Å². The van der Waals surface area contributed by atoms with Crippen molar-refractivity contribution in [3.05, 3.63) is 35.2 Å². The summed E-state index contributed by atoms with van der Waals surface area (Å²) in [4.78, 5) is 46.9. The normalized spacial score (nSPS) is 40.4. The molecule has 0 amide bonds. The highest BCUT2D eigenvalue weighted by Crippen LogP contribution is 2.72. The summed E-state index contributed by atoms with van der Waals surface area (Å²) < 4.78 is 59.2. The Kier molecular flexibility index (Phi) is 7.26. The van der Waals surface area contributed by atoms with E-state index in [1.54, 1.807) is 11.5 Å². The summed E-state index contributed by atoms with van der Waals surface area (Å²) in [6, 6.07) is -0.757. The lowest BCUT2D eigenvalue weighted by Crippen LogP contribution is -2.38. The topological polar surface area (TPSA) is 274 Å². The van der Waals surface area contributed by atoms with Gasteiger partial charge in [0.1, 0.15) is 36.0 Å². The number of rotatable bonds is 3. The van der Waals surface area contributed by atoms with E-state index in [9.17, 15) is 29.0 Å². The SMILES string of the molecule is Cc1nc2c(ncn2[C@@H]2O[C@@H]3COP(=O)(O)O[C@H]4[C@@H](O)[C@H](n5cnc6c(N)ncnc65)[C@H]5CC54CO[P@](=O)(S)O[C@@H]2[C@@H]3CO)c(=O)[nH]1. The molecule has 4 aromatic heterocycles. The lowest BCUT2D eigenvalue weighted by Gasteiger charge is -2.30. The Morgan fingerprint density at radius 3 is 2.68 bits per heavy atom. The highest BCUT2D eigenvalue weighted by molar-refractivity contribution is 8.44. The maximum Gasteiger partial charge on any atom is 0.472 e. The summed E-state index contributed by atoms with van der Waals surface area (Å²) in [5.74, 6) is -0.993. The fraction of sp³-hybridized carbons (Fsp3) is 0.583. The number of thiol groups is 1. The van der Waals surface area contributed by atoms with Gasteiger partial charge in [0.2, 0.25) is 0 Å². The summed E-state index contributed by atoms with van der Waals surface area (Å²) in [7, 11) is -4.92. The number of phosphoric ester groups is 1. The van der Waals surface area contributed by atoms with Crippen LogP contribution in [0.2, 0.25) is 0 Å². The van der Waals surface area contributed by atoms with Gasteiger partial charge in [-0.2, -0.15) is 0 Å². The Morgan fingerprint density at radius 2 is 1.89 bits per heavy atom. The average Bonchev–Trinajstić information content (AvgIpc) is 3.30. The van der Waals surface area contributed by atoms with E-state index in [0.717, 1.165) is 0 Å². The van der Waals surface area contributed by atoms with Crippen molar-refractivity contribution in [1.82, 2.24) is 39.0 Å². The van der Waals surface area contributed by atoms with E-state index < -0.39 is 87.3 Å². The quantitative estimate of drug-likeness (QED) is 0.122. The fourth-order valence-corrected chi connectivity index (χ4v) is 9.78. The minimum absolute atomic E-state index is 0.00903. The van der Waals surface area contributed by atoms with E-state index in [2.05, 4.69) is 42.2 Å². The molecule has 2 aliphatic carbocycles. The molecule has 252 valence electrons. The molecule has 8 rings (SSSR count). The van der Waals surface area contributed by atoms with E-state index in [-0.39, 0.29) is 29.4 Å². The first-order valence-electron chi connectivity index (χ1n) is 14.4. The molecule has 47 heavy (non-hydrogen) atoms.